The Hall–Kier alpha value is -0.150. The lowest BCUT2D eigenvalue weighted by molar-refractivity contribution is 0.234. The van der Waals surface area contributed by atoms with Crippen LogP contribution in [0.2, 0.25) is 0 Å². The summed E-state index contributed by atoms with van der Waals surface area (Å²) in [7, 11) is 0. The van der Waals surface area contributed by atoms with Gasteiger partial charge in [0.1, 0.15) is 4.99 Å². The zero-order chi connectivity index (χ0) is 5.70. The van der Waals surface area contributed by atoms with Gasteiger partial charge in [0.05, 0.1) is 0 Å². The molecule has 2 nitrogen and oxygen atoms in total. The van der Waals surface area contributed by atoms with Crippen LogP contribution in [0.25, 0.3) is 0 Å². The molecule has 0 rings (SSSR count). The van der Waals surface area contributed by atoms with E-state index in [1.807, 2.05) is 12.4 Å². The zero-order valence-electron chi connectivity index (χ0n) is 4.27. The summed E-state index contributed by atoms with van der Waals surface area (Å²) in [5.74, 6) is 0. The van der Waals surface area contributed by atoms with Crippen LogP contribution in [0.1, 0.15) is 19.8 Å². The van der Waals surface area contributed by atoms with Crippen LogP contribution in [0.4, 0.5) is 0 Å². The molecule has 0 aliphatic heterocycles. The first-order valence-electron chi connectivity index (χ1n) is 2.24. The molecule has 0 amide bonds. The molecule has 7 heavy (non-hydrogen) atoms. The number of rotatable bonds is 2. The molecule has 3 heteroatoms. The van der Waals surface area contributed by atoms with Crippen molar-refractivity contribution in [1.82, 2.24) is 5.48 Å². The average molecular weight is 119 g/mol. The quantitative estimate of drug-likeness (QED) is 0.421. The van der Waals surface area contributed by atoms with Crippen LogP contribution in [-0.4, -0.2) is 10.2 Å². The van der Waals surface area contributed by atoms with E-state index in [0.29, 0.717) is 4.99 Å². The van der Waals surface area contributed by atoms with Gasteiger partial charge in [-0.2, -0.15) is 0 Å². The molecule has 0 aromatic rings. The normalized spacial score (nSPS) is 8.29. The smallest absolute Gasteiger partial charge is 0.100 e. The highest BCUT2D eigenvalue weighted by molar-refractivity contribution is 7.80. The molecule has 0 saturated carbocycles. The van der Waals surface area contributed by atoms with Crippen LogP contribution in [0.15, 0.2) is 0 Å². The van der Waals surface area contributed by atoms with Gasteiger partial charge in [0.2, 0.25) is 0 Å². The van der Waals surface area contributed by atoms with E-state index in [0.717, 1.165) is 12.8 Å². The molecular weight excluding hydrogens is 110 g/mol. The second kappa shape index (κ2) is 4.02. The summed E-state index contributed by atoms with van der Waals surface area (Å²) >= 11 is 4.59. The monoisotopic (exact) mass is 119 g/mol. The number of nitrogens with one attached hydrogen (secondary N) is 1. The van der Waals surface area contributed by atoms with Crippen molar-refractivity contribution in [3.05, 3.63) is 0 Å². The highest BCUT2D eigenvalue weighted by Gasteiger charge is 1.86. The van der Waals surface area contributed by atoms with E-state index < -0.39 is 0 Å². The highest BCUT2D eigenvalue weighted by atomic mass is 32.1. The zero-order valence-corrected chi connectivity index (χ0v) is 5.09. The number of hydroxylamine groups is 1. The summed E-state index contributed by atoms with van der Waals surface area (Å²) in [6.45, 7) is 2.00. The van der Waals surface area contributed by atoms with Crippen molar-refractivity contribution in [2.75, 3.05) is 0 Å². The predicted octanol–water partition coefficient (Wildman–Crippen LogP) is 1.09. The van der Waals surface area contributed by atoms with Gasteiger partial charge >= 0.3 is 0 Å². The van der Waals surface area contributed by atoms with Crippen molar-refractivity contribution in [1.29, 1.82) is 0 Å². The Balaban J connectivity index is 3.00. The van der Waals surface area contributed by atoms with E-state index in [1.165, 1.54) is 0 Å². The summed E-state index contributed by atoms with van der Waals surface area (Å²) in [5, 5.41) is 8.07. The molecule has 0 aromatic carbocycles. The number of hydrogen-bond donors (Lipinski definition) is 2. The van der Waals surface area contributed by atoms with Gasteiger partial charge in [-0.05, 0) is 12.8 Å². The minimum atomic E-state index is 0.516. The molecule has 0 aliphatic carbocycles. The molecule has 0 fully saturated rings. The molecular formula is C4H9NOS. The minimum Gasteiger partial charge on any atom is -0.291 e. The van der Waals surface area contributed by atoms with Gasteiger partial charge in [-0.25, -0.2) is 0 Å². The summed E-state index contributed by atoms with van der Waals surface area (Å²) in [5.41, 5.74) is 1.90. The third-order valence-electron chi connectivity index (χ3n) is 0.602. The van der Waals surface area contributed by atoms with Crippen molar-refractivity contribution in [3.8, 4) is 0 Å². The Morgan fingerprint density at radius 1 is 1.86 bits per heavy atom. The Morgan fingerprint density at radius 3 is 2.57 bits per heavy atom. The molecule has 0 unspecified atom stereocenters. The molecule has 42 valence electrons. The van der Waals surface area contributed by atoms with Crippen molar-refractivity contribution >= 4 is 17.2 Å². The van der Waals surface area contributed by atoms with Crippen LogP contribution in [0.3, 0.4) is 0 Å². The van der Waals surface area contributed by atoms with E-state index in [2.05, 4.69) is 12.2 Å². The van der Waals surface area contributed by atoms with Crippen LogP contribution in [-0.2, 0) is 0 Å². The molecule has 2 N–H and O–H groups in total. The summed E-state index contributed by atoms with van der Waals surface area (Å²) in [6, 6.07) is 0. The molecule has 0 atom stereocenters. The number of hydrogen-bond acceptors (Lipinski definition) is 2. The van der Waals surface area contributed by atoms with Gasteiger partial charge in [0.15, 0.2) is 0 Å². The van der Waals surface area contributed by atoms with Gasteiger partial charge in [-0.1, -0.05) is 19.1 Å². The topological polar surface area (TPSA) is 32.3 Å². The Bertz CT molecular complexity index is 64.7. The number of thiocarbonyl (C=S) groups is 1. The van der Waals surface area contributed by atoms with Crippen LogP contribution in [0.5, 0.6) is 0 Å². The summed E-state index contributed by atoms with van der Waals surface area (Å²) in [6.07, 6.45) is 1.75. The minimum absolute atomic E-state index is 0.516. The molecule has 0 saturated heterocycles. The van der Waals surface area contributed by atoms with Crippen LogP contribution < -0.4 is 5.48 Å². The van der Waals surface area contributed by atoms with E-state index in [-0.39, 0.29) is 0 Å². The summed E-state index contributed by atoms with van der Waals surface area (Å²) < 4.78 is 0. The first kappa shape index (κ1) is 6.85. The second-order valence-electron chi connectivity index (χ2n) is 1.28. The maximum absolute atomic E-state index is 8.07. The first-order valence-corrected chi connectivity index (χ1v) is 2.65. The molecule has 0 spiro atoms. The van der Waals surface area contributed by atoms with E-state index >= 15 is 0 Å². The fourth-order valence-electron chi connectivity index (χ4n) is 0.283. The third-order valence-corrected chi connectivity index (χ3v) is 0.897. The Labute approximate surface area is 48.5 Å². The maximum atomic E-state index is 8.07. The SMILES string of the molecule is CCCC(=S)NO. The fraction of sp³-hybridized carbons (Fsp3) is 0.750. The molecule has 0 aromatic heterocycles. The van der Waals surface area contributed by atoms with Crippen LogP contribution >= 0.6 is 12.2 Å². The van der Waals surface area contributed by atoms with Crippen molar-refractivity contribution in [2.24, 2.45) is 0 Å². The molecule has 0 bridgehead atoms. The predicted molar refractivity (Wildman–Crippen MR) is 32.4 cm³/mol. The largest absolute Gasteiger partial charge is 0.291 e. The van der Waals surface area contributed by atoms with Crippen molar-refractivity contribution in [2.45, 2.75) is 19.8 Å². The standard InChI is InChI=1S/C4H9NOS/c1-2-3-4(7)5-6/h6H,2-3H2,1H3,(H,5,7). The van der Waals surface area contributed by atoms with Gasteiger partial charge in [0.25, 0.3) is 0 Å². The van der Waals surface area contributed by atoms with E-state index in [1.54, 1.807) is 0 Å². The maximum Gasteiger partial charge on any atom is 0.100 e. The lowest BCUT2D eigenvalue weighted by Gasteiger charge is -1.94. The molecule has 0 aliphatic rings. The molecule has 0 heterocycles. The third kappa shape index (κ3) is 3.69. The lowest BCUT2D eigenvalue weighted by atomic mass is 10.3. The highest BCUT2D eigenvalue weighted by Crippen LogP contribution is 1.85. The summed E-state index contributed by atoms with van der Waals surface area (Å²) in [4.78, 5) is 0.516. The fourth-order valence-corrected chi connectivity index (χ4v) is 0.487. The van der Waals surface area contributed by atoms with Crippen molar-refractivity contribution < 1.29 is 5.21 Å². The first-order chi connectivity index (χ1) is 3.31. The van der Waals surface area contributed by atoms with Gasteiger partial charge in [0, 0.05) is 0 Å². The van der Waals surface area contributed by atoms with E-state index in [9.17, 15) is 0 Å². The van der Waals surface area contributed by atoms with Crippen LogP contribution in [0, 0.1) is 0 Å². The Morgan fingerprint density at radius 2 is 2.43 bits per heavy atom. The average Bonchev–Trinajstić information content (AvgIpc) is 1.68. The lowest BCUT2D eigenvalue weighted by Crippen LogP contribution is -2.14. The van der Waals surface area contributed by atoms with Gasteiger partial charge < -0.3 is 0 Å². The Kier molecular flexibility index (Phi) is 3.93. The van der Waals surface area contributed by atoms with Crippen molar-refractivity contribution in [3.63, 3.8) is 0 Å². The van der Waals surface area contributed by atoms with Gasteiger partial charge in [-0.15, -0.1) is 0 Å². The van der Waals surface area contributed by atoms with Gasteiger partial charge in [-0.3, -0.25) is 10.7 Å². The van der Waals surface area contributed by atoms with E-state index in [4.69, 9.17) is 5.21 Å². The second-order valence-corrected chi connectivity index (χ2v) is 1.78. The molecule has 0 radical (unpaired) electrons.